The average molecular weight is 208 g/mol. The molecule has 2 nitrogen and oxygen atoms in total. The lowest BCUT2D eigenvalue weighted by molar-refractivity contribution is -0.113. The SMILES string of the molecule is CC(=O)/C(Sc1ccccc1)=C(\C)O. The van der Waals surface area contributed by atoms with Crippen LogP contribution in [0.1, 0.15) is 13.8 Å². The minimum atomic E-state index is -0.112. The highest BCUT2D eigenvalue weighted by molar-refractivity contribution is 8.04. The van der Waals surface area contributed by atoms with Crippen LogP contribution in [0.4, 0.5) is 0 Å². The Labute approximate surface area is 87.6 Å². The molecule has 0 aliphatic carbocycles. The Hall–Kier alpha value is -1.22. The van der Waals surface area contributed by atoms with Gasteiger partial charge in [-0.15, -0.1) is 0 Å². The molecule has 14 heavy (non-hydrogen) atoms. The lowest BCUT2D eigenvalue weighted by Crippen LogP contribution is -1.95. The van der Waals surface area contributed by atoms with Gasteiger partial charge in [0, 0.05) is 4.90 Å². The quantitative estimate of drug-likeness (QED) is 0.471. The third kappa shape index (κ3) is 2.92. The molecule has 0 saturated carbocycles. The monoisotopic (exact) mass is 208 g/mol. The van der Waals surface area contributed by atoms with E-state index in [-0.39, 0.29) is 11.5 Å². The van der Waals surface area contributed by atoms with Crippen LogP contribution in [-0.4, -0.2) is 10.9 Å². The van der Waals surface area contributed by atoms with Gasteiger partial charge in [0.15, 0.2) is 5.78 Å². The van der Waals surface area contributed by atoms with E-state index < -0.39 is 0 Å². The fraction of sp³-hybridized carbons (Fsp3) is 0.182. The second-order valence-corrected chi connectivity index (χ2v) is 3.97. The minimum Gasteiger partial charge on any atom is -0.511 e. The number of allylic oxidation sites excluding steroid dienone is 2. The zero-order valence-electron chi connectivity index (χ0n) is 8.15. The Bertz CT molecular complexity index is 351. The summed E-state index contributed by atoms with van der Waals surface area (Å²) in [4.78, 5) is 12.5. The van der Waals surface area contributed by atoms with Gasteiger partial charge in [0.25, 0.3) is 0 Å². The van der Waals surface area contributed by atoms with Gasteiger partial charge in [-0.2, -0.15) is 0 Å². The molecule has 0 aromatic heterocycles. The van der Waals surface area contributed by atoms with Crippen molar-refractivity contribution in [2.45, 2.75) is 18.7 Å². The molecular weight excluding hydrogens is 196 g/mol. The van der Waals surface area contributed by atoms with Crippen molar-refractivity contribution < 1.29 is 9.90 Å². The highest BCUT2D eigenvalue weighted by atomic mass is 32.2. The van der Waals surface area contributed by atoms with Crippen molar-refractivity contribution in [1.82, 2.24) is 0 Å². The van der Waals surface area contributed by atoms with Gasteiger partial charge in [-0.1, -0.05) is 30.0 Å². The molecule has 1 N–H and O–H groups in total. The number of rotatable bonds is 3. The number of carbonyl (C=O) groups excluding carboxylic acids is 1. The summed E-state index contributed by atoms with van der Waals surface area (Å²) < 4.78 is 0. The topological polar surface area (TPSA) is 37.3 Å². The van der Waals surface area contributed by atoms with Crippen LogP contribution in [0.3, 0.4) is 0 Å². The van der Waals surface area contributed by atoms with Crippen molar-refractivity contribution in [2.24, 2.45) is 0 Å². The van der Waals surface area contributed by atoms with Crippen molar-refractivity contribution >= 4 is 17.5 Å². The third-order valence-electron chi connectivity index (χ3n) is 1.61. The number of Topliss-reactive ketones (excluding diaryl/α,β-unsaturated/α-hetero) is 1. The van der Waals surface area contributed by atoms with Crippen LogP contribution < -0.4 is 0 Å². The molecule has 0 fully saturated rings. The summed E-state index contributed by atoms with van der Waals surface area (Å²) in [6.45, 7) is 2.97. The first-order valence-corrected chi connectivity index (χ1v) is 5.06. The normalized spacial score (nSPS) is 12.1. The first kappa shape index (κ1) is 10.9. The van der Waals surface area contributed by atoms with Crippen molar-refractivity contribution in [3.63, 3.8) is 0 Å². The Balaban J connectivity index is 2.87. The largest absolute Gasteiger partial charge is 0.511 e. The fourth-order valence-corrected chi connectivity index (χ4v) is 1.83. The number of aliphatic hydroxyl groups excluding tert-OH is 1. The molecule has 0 spiro atoms. The highest BCUT2D eigenvalue weighted by Gasteiger charge is 2.09. The number of thioether (sulfide) groups is 1. The van der Waals surface area contributed by atoms with Crippen LogP contribution in [-0.2, 0) is 4.79 Å². The lowest BCUT2D eigenvalue weighted by atomic mass is 10.4. The van der Waals surface area contributed by atoms with Crippen LogP contribution >= 0.6 is 11.8 Å². The van der Waals surface area contributed by atoms with E-state index in [1.54, 1.807) is 0 Å². The van der Waals surface area contributed by atoms with Crippen molar-refractivity contribution in [1.29, 1.82) is 0 Å². The van der Waals surface area contributed by atoms with E-state index in [2.05, 4.69) is 0 Å². The number of hydrogen-bond donors (Lipinski definition) is 1. The predicted molar refractivity (Wildman–Crippen MR) is 58.3 cm³/mol. The molecule has 0 saturated heterocycles. The van der Waals surface area contributed by atoms with Gasteiger partial charge in [-0.3, -0.25) is 4.79 Å². The summed E-state index contributed by atoms with van der Waals surface area (Å²) in [5.74, 6) is -0.0368. The van der Waals surface area contributed by atoms with Crippen molar-refractivity contribution in [3.05, 3.63) is 41.0 Å². The second-order valence-electron chi connectivity index (χ2n) is 2.89. The summed E-state index contributed by atoms with van der Waals surface area (Å²) in [6, 6.07) is 9.50. The smallest absolute Gasteiger partial charge is 0.169 e. The zero-order chi connectivity index (χ0) is 10.6. The summed E-state index contributed by atoms with van der Waals surface area (Å²) in [5.41, 5.74) is 0. The molecule has 0 unspecified atom stereocenters. The number of carbonyl (C=O) groups is 1. The Kier molecular flexibility index (Phi) is 3.77. The number of ketones is 1. The average Bonchev–Trinajstić information content (AvgIpc) is 2.15. The summed E-state index contributed by atoms with van der Waals surface area (Å²) in [5, 5.41) is 9.28. The van der Waals surface area contributed by atoms with Gasteiger partial charge in [0.05, 0.1) is 4.91 Å². The molecular formula is C11H12O2S. The molecule has 0 radical (unpaired) electrons. The molecule has 1 rings (SSSR count). The van der Waals surface area contributed by atoms with Gasteiger partial charge in [0.1, 0.15) is 5.76 Å². The maximum absolute atomic E-state index is 11.2. The summed E-state index contributed by atoms with van der Waals surface area (Å²) in [7, 11) is 0. The highest BCUT2D eigenvalue weighted by Crippen LogP contribution is 2.28. The Morgan fingerprint density at radius 2 is 1.79 bits per heavy atom. The van der Waals surface area contributed by atoms with E-state index in [9.17, 15) is 9.90 Å². The second kappa shape index (κ2) is 4.86. The van der Waals surface area contributed by atoms with E-state index in [1.165, 1.54) is 25.6 Å². The summed E-state index contributed by atoms with van der Waals surface area (Å²) >= 11 is 1.28. The van der Waals surface area contributed by atoms with Crippen LogP contribution in [0.15, 0.2) is 45.9 Å². The van der Waals surface area contributed by atoms with Crippen LogP contribution in [0.25, 0.3) is 0 Å². The molecule has 0 atom stereocenters. The predicted octanol–water partition coefficient (Wildman–Crippen LogP) is 3.16. The number of aliphatic hydroxyl groups is 1. The van der Waals surface area contributed by atoms with E-state index in [0.717, 1.165) is 4.90 Å². The van der Waals surface area contributed by atoms with E-state index in [0.29, 0.717) is 4.91 Å². The zero-order valence-corrected chi connectivity index (χ0v) is 8.97. The van der Waals surface area contributed by atoms with Crippen molar-refractivity contribution in [2.75, 3.05) is 0 Å². The molecule has 0 aliphatic rings. The van der Waals surface area contributed by atoms with Gasteiger partial charge in [-0.05, 0) is 26.0 Å². The van der Waals surface area contributed by atoms with Gasteiger partial charge in [0.2, 0.25) is 0 Å². The number of benzene rings is 1. The fourth-order valence-electron chi connectivity index (χ4n) is 1.01. The summed E-state index contributed by atoms with van der Waals surface area (Å²) in [6.07, 6.45) is 0. The molecule has 0 bridgehead atoms. The van der Waals surface area contributed by atoms with Gasteiger partial charge < -0.3 is 5.11 Å². The maximum Gasteiger partial charge on any atom is 0.169 e. The van der Waals surface area contributed by atoms with Crippen LogP contribution in [0, 0.1) is 0 Å². The minimum absolute atomic E-state index is 0.0753. The first-order chi connectivity index (χ1) is 6.61. The molecule has 0 heterocycles. The van der Waals surface area contributed by atoms with Gasteiger partial charge >= 0.3 is 0 Å². The molecule has 1 aromatic rings. The molecule has 1 aromatic carbocycles. The molecule has 0 amide bonds. The van der Waals surface area contributed by atoms with Crippen molar-refractivity contribution in [3.8, 4) is 0 Å². The Morgan fingerprint density at radius 1 is 1.21 bits per heavy atom. The maximum atomic E-state index is 11.2. The van der Waals surface area contributed by atoms with E-state index >= 15 is 0 Å². The standard InChI is InChI=1S/C11H12O2S/c1-8(12)11(9(2)13)14-10-6-4-3-5-7-10/h3-7,12H,1-2H3/b11-8-. The molecule has 3 heteroatoms. The van der Waals surface area contributed by atoms with E-state index in [1.807, 2.05) is 30.3 Å². The number of hydrogen-bond acceptors (Lipinski definition) is 3. The Morgan fingerprint density at radius 3 is 2.21 bits per heavy atom. The van der Waals surface area contributed by atoms with Crippen LogP contribution in [0.2, 0.25) is 0 Å². The first-order valence-electron chi connectivity index (χ1n) is 4.25. The van der Waals surface area contributed by atoms with Gasteiger partial charge in [-0.25, -0.2) is 0 Å². The molecule has 74 valence electrons. The lowest BCUT2D eigenvalue weighted by Gasteiger charge is -2.04. The third-order valence-corrected chi connectivity index (χ3v) is 2.91. The molecule has 0 aliphatic heterocycles. The van der Waals surface area contributed by atoms with E-state index in [4.69, 9.17) is 0 Å². The van der Waals surface area contributed by atoms with Crippen LogP contribution in [0.5, 0.6) is 0 Å².